The number of amides is 1. The smallest absolute Gasteiger partial charge is 0.326 e. The van der Waals surface area contributed by atoms with Crippen LogP contribution in [-0.2, 0) is 16.0 Å². The first-order valence-electron chi connectivity index (χ1n) is 6.58. The van der Waals surface area contributed by atoms with Crippen molar-refractivity contribution >= 4 is 11.9 Å². The maximum Gasteiger partial charge on any atom is 0.326 e. The lowest BCUT2D eigenvalue weighted by Gasteiger charge is -2.22. The highest BCUT2D eigenvalue weighted by atomic mass is 16.4. The Morgan fingerprint density at radius 2 is 1.95 bits per heavy atom. The molecule has 4 nitrogen and oxygen atoms in total. The number of aliphatic carboxylic acids is 1. The van der Waals surface area contributed by atoms with Gasteiger partial charge < -0.3 is 10.0 Å². The van der Waals surface area contributed by atoms with Crippen LogP contribution >= 0.6 is 0 Å². The van der Waals surface area contributed by atoms with Gasteiger partial charge in [-0.2, -0.15) is 0 Å². The molecular weight excluding hydrogens is 242 g/mol. The average molecular weight is 261 g/mol. The highest BCUT2D eigenvalue weighted by molar-refractivity contribution is 5.86. The van der Waals surface area contributed by atoms with Crippen LogP contribution in [0.5, 0.6) is 0 Å². The van der Waals surface area contributed by atoms with Gasteiger partial charge in [-0.15, -0.1) is 0 Å². The number of hydrogen-bond acceptors (Lipinski definition) is 2. The van der Waals surface area contributed by atoms with E-state index >= 15 is 0 Å². The molecule has 1 aliphatic rings. The third-order valence-corrected chi connectivity index (χ3v) is 3.83. The van der Waals surface area contributed by atoms with Crippen LogP contribution in [0.4, 0.5) is 0 Å². The number of aryl methyl sites for hydroxylation is 2. The zero-order valence-corrected chi connectivity index (χ0v) is 11.3. The minimum Gasteiger partial charge on any atom is -0.480 e. The zero-order chi connectivity index (χ0) is 14.0. The van der Waals surface area contributed by atoms with Crippen molar-refractivity contribution < 1.29 is 14.7 Å². The summed E-state index contributed by atoms with van der Waals surface area (Å²) in [6.45, 7) is 4.52. The summed E-state index contributed by atoms with van der Waals surface area (Å²) in [5.74, 6) is -0.977. The summed E-state index contributed by atoms with van der Waals surface area (Å²) in [6, 6.07) is 5.29. The average Bonchev–Trinajstić information content (AvgIpc) is 2.83. The second kappa shape index (κ2) is 5.43. The molecule has 1 aliphatic heterocycles. The lowest BCUT2D eigenvalue weighted by Crippen LogP contribution is -2.41. The van der Waals surface area contributed by atoms with E-state index in [4.69, 9.17) is 5.11 Å². The van der Waals surface area contributed by atoms with E-state index < -0.39 is 12.0 Å². The molecule has 0 spiro atoms. The van der Waals surface area contributed by atoms with Gasteiger partial charge in [0.2, 0.25) is 5.91 Å². The Labute approximate surface area is 113 Å². The molecule has 0 bridgehead atoms. The van der Waals surface area contributed by atoms with E-state index in [2.05, 4.69) is 0 Å². The van der Waals surface area contributed by atoms with Crippen molar-refractivity contribution in [2.45, 2.75) is 39.2 Å². The lowest BCUT2D eigenvalue weighted by atomic mass is 9.99. The molecule has 1 amide bonds. The summed E-state index contributed by atoms with van der Waals surface area (Å²) in [7, 11) is 0. The first-order valence-corrected chi connectivity index (χ1v) is 6.58. The normalized spacial score (nSPS) is 18.6. The predicted octanol–water partition coefficient (Wildman–Crippen LogP) is 1.92. The van der Waals surface area contributed by atoms with Crippen LogP contribution in [0.2, 0.25) is 0 Å². The Hall–Kier alpha value is -1.84. The van der Waals surface area contributed by atoms with E-state index in [1.807, 2.05) is 32.0 Å². The highest BCUT2D eigenvalue weighted by Crippen LogP contribution is 2.21. The Balaban J connectivity index is 2.15. The molecule has 1 heterocycles. The molecule has 1 fully saturated rings. The number of carboxylic acid groups (broad SMARTS) is 1. The van der Waals surface area contributed by atoms with Gasteiger partial charge in [-0.25, -0.2) is 4.79 Å². The number of carboxylic acids is 1. The second-order valence-corrected chi connectivity index (χ2v) is 5.13. The van der Waals surface area contributed by atoms with E-state index in [-0.39, 0.29) is 5.91 Å². The van der Waals surface area contributed by atoms with Crippen LogP contribution < -0.4 is 0 Å². The summed E-state index contributed by atoms with van der Waals surface area (Å²) in [5.41, 5.74) is 3.18. The standard InChI is InChI=1S/C15H19NO3/c1-10-5-3-6-11(2)12(10)9-14(17)16-8-4-7-13(16)15(18)19/h3,5-6,13H,4,7-9H2,1-2H3,(H,18,19)/t13-/m1/s1. The first kappa shape index (κ1) is 13.6. The summed E-state index contributed by atoms with van der Waals surface area (Å²) in [5, 5.41) is 9.11. The van der Waals surface area contributed by atoms with Gasteiger partial charge in [0.15, 0.2) is 0 Å². The van der Waals surface area contributed by atoms with Gasteiger partial charge in [0, 0.05) is 6.54 Å². The van der Waals surface area contributed by atoms with Gasteiger partial charge in [-0.1, -0.05) is 18.2 Å². The maximum absolute atomic E-state index is 12.3. The number of likely N-dealkylation sites (tertiary alicyclic amines) is 1. The van der Waals surface area contributed by atoms with Crippen molar-refractivity contribution in [2.75, 3.05) is 6.54 Å². The maximum atomic E-state index is 12.3. The quantitative estimate of drug-likeness (QED) is 0.904. The summed E-state index contributed by atoms with van der Waals surface area (Å²) < 4.78 is 0. The molecule has 0 aromatic heterocycles. The fourth-order valence-electron chi connectivity index (χ4n) is 2.70. The van der Waals surface area contributed by atoms with E-state index in [0.29, 0.717) is 19.4 Å². The zero-order valence-electron chi connectivity index (χ0n) is 11.3. The molecule has 19 heavy (non-hydrogen) atoms. The molecule has 2 rings (SSSR count). The van der Waals surface area contributed by atoms with Crippen molar-refractivity contribution in [3.8, 4) is 0 Å². The molecule has 0 saturated carbocycles. The molecule has 1 aromatic carbocycles. The largest absolute Gasteiger partial charge is 0.480 e. The minimum atomic E-state index is -0.896. The van der Waals surface area contributed by atoms with E-state index in [1.165, 1.54) is 4.90 Å². The van der Waals surface area contributed by atoms with Crippen molar-refractivity contribution in [3.05, 3.63) is 34.9 Å². The fourth-order valence-corrected chi connectivity index (χ4v) is 2.70. The molecule has 1 aromatic rings. The van der Waals surface area contributed by atoms with Gasteiger partial charge in [-0.3, -0.25) is 4.79 Å². The van der Waals surface area contributed by atoms with Crippen LogP contribution in [-0.4, -0.2) is 34.5 Å². The molecule has 102 valence electrons. The molecule has 0 aliphatic carbocycles. The van der Waals surface area contributed by atoms with Gasteiger partial charge in [0.05, 0.1) is 6.42 Å². The van der Waals surface area contributed by atoms with E-state index in [9.17, 15) is 9.59 Å². The number of carbonyl (C=O) groups excluding carboxylic acids is 1. The van der Waals surface area contributed by atoms with Crippen molar-refractivity contribution in [3.63, 3.8) is 0 Å². The van der Waals surface area contributed by atoms with E-state index in [0.717, 1.165) is 23.1 Å². The molecule has 0 radical (unpaired) electrons. The number of carbonyl (C=O) groups is 2. The first-order chi connectivity index (χ1) is 9.00. The molecule has 0 unspecified atom stereocenters. The lowest BCUT2D eigenvalue weighted by molar-refractivity contribution is -0.148. The fraction of sp³-hybridized carbons (Fsp3) is 0.467. The number of rotatable bonds is 3. The van der Waals surface area contributed by atoms with Crippen LogP contribution in [0.3, 0.4) is 0 Å². The monoisotopic (exact) mass is 261 g/mol. The summed E-state index contributed by atoms with van der Waals surface area (Å²) >= 11 is 0. The number of benzene rings is 1. The van der Waals surface area contributed by atoms with Crippen LogP contribution in [0.1, 0.15) is 29.5 Å². The van der Waals surface area contributed by atoms with Crippen molar-refractivity contribution in [1.29, 1.82) is 0 Å². The number of hydrogen-bond donors (Lipinski definition) is 1. The van der Waals surface area contributed by atoms with E-state index in [1.54, 1.807) is 0 Å². The van der Waals surface area contributed by atoms with Crippen molar-refractivity contribution in [1.82, 2.24) is 4.90 Å². The molecule has 4 heteroatoms. The third kappa shape index (κ3) is 2.78. The predicted molar refractivity (Wildman–Crippen MR) is 72.0 cm³/mol. The third-order valence-electron chi connectivity index (χ3n) is 3.83. The van der Waals surface area contributed by atoms with Crippen molar-refractivity contribution in [2.24, 2.45) is 0 Å². The Morgan fingerprint density at radius 1 is 1.32 bits per heavy atom. The van der Waals surface area contributed by atoms with Gasteiger partial charge >= 0.3 is 5.97 Å². The molecule has 1 atom stereocenters. The van der Waals surface area contributed by atoms with Crippen LogP contribution in [0.15, 0.2) is 18.2 Å². The van der Waals surface area contributed by atoms with Crippen LogP contribution in [0.25, 0.3) is 0 Å². The molecule has 1 saturated heterocycles. The van der Waals surface area contributed by atoms with Gasteiger partial charge in [0.25, 0.3) is 0 Å². The molecular formula is C15H19NO3. The Morgan fingerprint density at radius 3 is 2.53 bits per heavy atom. The van der Waals surface area contributed by atoms with Crippen LogP contribution in [0, 0.1) is 13.8 Å². The summed E-state index contributed by atoms with van der Waals surface area (Å²) in [4.78, 5) is 24.9. The number of nitrogens with zero attached hydrogens (tertiary/aromatic N) is 1. The summed E-state index contributed by atoms with van der Waals surface area (Å²) in [6.07, 6.45) is 1.63. The minimum absolute atomic E-state index is 0.0812. The Bertz CT molecular complexity index is 490. The topological polar surface area (TPSA) is 57.6 Å². The highest BCUT2D eigenvalue weighted by Gasteiger charge is 2.33. The Kier molecular flexibility index (Phi) is 3.88. The van der Waals surface area contributed by atoms with Gasteiger partial charge in [-0.05, 0) is 43.4 Å². The SMILES string of the molecule is Cc1cccc(C)c1CC(=O)N1CCC[C@@H]1C(=O)O. The second-order valence-electron chi connectivity index (χ2n) is 5.13. The van der Waals surface area contributed by atoms with Gasteiger partial charge in [0.1, 0.15) is 6.04 Å². The molecule has 1 N–H and O–H groups in total.